The van der Waals surface area contributed by atoms with Gasteiger partial charge in [0.25, 0.3) is 5.69 Å². The minimum absolute atomic E-state index is 0.154. The van der Waals surface area contributed by atoms with Gasteiger partial charge in [0.2, 0.25) is 0 Å². The Labute approximate surface area is 97.3 Å². The topological polar surface area (TPSA) is 89.7 Å². The Morgan fingerprint density at radius 2 is 2.29 bits per heavy atom. The van der Waals surface area contributed by atoms with E-state index in [1.165, 1.54) is 19.1 Å². The van der Waals surface area contributed by atoms with Gasteiger partial charge in [0.05, 0.1) is 16.1 Å². The lowest BCUT2D eigenvalue weighted by atomic mass is 10.1. The van der Waals surface area contributed by atoms with Crippen LogP contribution in [0.5, 0.6) is 5.75 Å². The molecule has 6 nitrogen and oxygen atoms in total. The average molecular weight is 237 g/mol. The fraction of sp³-hybridized carbons (Fsp3) is 0.182. The lowest BCUT2D eigenvalue weighted by Gasteiger charge is -2.08. The standard InChI is InChI=1S/C11H11NO5/c1-3-4-17-10-6-8(11(13)14)5-9(7(10)2)12(15)16/h3,5-6H,1,4H2,2H3,(H,13,14). The van der Waals surface area contributed by atoms with Crippen molar-refractivity contribution in [1.82, 2.24) is 0 Å². The van der Waals surface area contributed by atoms with E-state index in [9.17, 15) is 14.9 Å². The molecule has 0 aliphatic carbocycles. The molecule has 0 amide bonds. The number of rotatable bonds is 5. The van der Waals surface area contributed by atoms with E-state index in [4.69, 9.17) is 9.84 Å². The quantitative estimate of drug-likeness (QED) is 0.481. The molecule has 0 fully saturated rings. The predicted octanol–water partition coefficient (Wildman–Crippen LogP) is 2.17. The van der Waals surface area contributed by atoms with E-state index in [1.54, 1.807) is 0 Å². The summed E-state index contributed by atoms with van der Waals surface area (Å²) in [5.41, 5.74) is -0.160. The van der Waals surface area contributed by atoms with Crippen molar-refractivity contribution in [3.05, 3.63) is 46.0 Å². The molecule has 0 aliphatic heterocycles. The van der Waals surface area contributed by atoms with Gasteiger partial charge in [-0.3, -0.25) is 10.1 Å². The first-order chi connectivity index (χ1) is 7.97. The third-order valence-corrected chi connectivity index (χ3v) is 2.13. The average Bonchev–Trinajstić information content (AvgIpc) is 2.26. The molecule has 6 heteroatoms. The molecule has 0 aliphatic rings. The molecule has 90 valence electrons. The number of carboxylic acids is 1. The van der Waals surface area contributed by atoms with Crippen molar-refractivity contribution in [2.45, 2.75) is 6.92 Å². The highest BCUT2D eigenvalue weighted by Crippen LogP contribution is 2.29. The maximum Gasteiger partial charge on any atom is 0.336 e. The van der Waals surface area contributed by atoms with Crippen LogP contribution in [0.25, 0.3) is 0 Å². The Morgan fingerprint density at radius 3 is 2.76 bits per heavy atom. The Hall–Kier alpha value is -2.37. The molecular formula is C11H11NO5. The van der Waals surface area contributed by atoms with Crippen LogP contribution < -0.4 is 4.74 Å². The van der Waals surface area contributed by atoms with Crippen molar-refractivity contribution in [3.8, 4) is 5.75 Å². The maximum atomic E-state index is 10.8. The lowest BCUT2D eigenvalue weighted by Crippen LogP contribution is -2.04. The number of nitrogens with zero attached hydrogens (tertiary/aromatic N) is 1. The van der Waals surface area contributed by atoms with Crippen LogP contribution in [0.4, 0.5) is 5.69 Å². The SMILES string of the molecule is C=CCOc1cc(C(=O)O)cc([N+](=O)[O-])c1C. The molecule has 0 saturated heterocycles. The second-order valence-electron chi connectivity index (χ2n) is 3.28. The van der Waals surface area contributed by atoms with Gasteiger partial charge in [0, 0.05) is 6.07 Å². The van der Waals surface area contributed by atoms with E-state index in [-0.39, 0.29) is 23.6 Å². The highest BCUT2D eigenvalue weighted by molar-refractivity contribution is 5.89. The first-order valence-corrected chi connectivity index (χ1v) is 4.73. The zero-order valence-electron chi connectivity index (χ0n) is 9.17. The largest absolute Gasteiger partial charge is 0.489 e. The highest BCUT2D eigenvalue weighted by Gasteiger charge is 2.19. The molecule has 1 aromatic carbocycles. The van der Waals surface area contributed by atoms with Gasteiger partial charge >= 0.3 is 5.97 Å². The van der Waals surface area contributed by atoms with Crippen molar-refractivity contribution >= 4 is 11.7 Å². The molecule has 1 rings (SSSR count). The monoisotopic (exact) mass is 237 g/mol. The van der Waals surface area contributed by atoms with E-state index >= 15 is 0 Å². The summed E-state index contributed by atoms with van der Waals surface area (Å²) in [5, 5.41) is 19.6. The minimum Gasteiger partial charge on any atom is -0.489 e. The normalized spacial score (nSPS) is 9.71. The van der Waals surface area contributed by atoms with Gasteiger partial charge in [-0.25, -0.2) is 4.79 Å². The number of carbonyl (C=O) groups is 1. The molecule has 0 unspecified atom stereocenters. The van der Waals surface area contributed by atoms with E-state index in [1.807, 2.05) is 0 Å². The third-order valence-electron chi connectivity index (χ3n) is 2.13. The fourth-order valence-corrected chi connectivity index (χ4v) is 1.28. The van der Waals surface area contributed by atoms with Gasteiger partial charge in [-0.2, -0.15) is 0 Å². The summed E-state index contributed by atoms with van der Waals surface area (Å²) in [4.78, 5) is 20.9. The maximum absolute atomic E-state index is 10.8. The van der Waals surface area contributed by atoms with E-state index in [0.717, 1.165) is 6.07 Å². The number of nitro benzene ring substituents is 1. The second kappa shape index (κ2) is 5.11. The van der Waals surface area contributed by atoms with Crippen molar-refractivity contribution in [2.24, 2.45) is 0 Å². The van der Waals surface area contributed by atoms with Crippen LogP contribution in [0.15, 0.2) is 24.8 Å². The summed E-state index contributed by atoms with van der Waals surface area (Å²) < 4.78 is 5.18. The number of hydrogen-bond acceptors (Lipinski definition) is 4. The number of nitro groups is 1. The molecule has 0 atom stereocenters. The van der Waals surface area contributed by atoms with Crippen molar-refractivity contribution in [2.75, 3.05) is 6.61 Å². The highest BCUT2D eigenvalue weighted by atomic mass is 16.6. The van der Waals surface area contributed by atoms with Crippen molar-refractivity contribution < 1.29 is 19.6 Å². The van der Waals surface area contributed by atoms with Crippen LogP contribution in [0.2, 0.25) is 0 Å². The summed E-state index contributed by atoms with van der Waals surface area (Å²) in [7, 11) is 0. The van der Waals surface area contributed by atoms with Gasteiger partial charge in [0.1, 0.15) is 12.4 Å². The zero-order valence-corrected chi connectivity index (χ0v) is 9.17. The first-order valence-electron chi connectivity index (χ1n) is 4.73. The molecule has 0 aromatic heterocycles. The molecule has 1 aromatic rings. The summed E-state index contributed by atoms with van der Waals surface area (Å²) in [6, 6.07) is 2.27. The number of carboxylic acid groups (broad SMARTS) is 1. The predicted molar refractivity (Wildman–Crippen MR) is 60.5 cm³/mol. The number of aromatic carboxylic acids is 1. The fourth-order valence-electron chi connectivity index (χ4n) is 1.28. The molecule has 17 heavy (non-hydrogen) atoms. The van der Waals surface area contributed by atoms with E-state index in [2.05, 4.69) is 6.58 Å². The van der Waals surface area contributed by atoms with E-state index < -0.39 is 10.9 Å². The van der Waals surface area contributed by atoms with E-state index in [0.29, 0.717) is 5.56 Å². The number of benzene rings is 1. The van der Waals surface area contributed by atoms with Gasteiger partial charge in [-0.15, -0.1) is 0 Å². The van der Waals surface area contributed by atoms with Crippen LogP contribution in [0.1, 0.15) is 15.9 Å². The summed E-state index contributed by atoms with van der Waals surface area (Å²) >= 11 is 0. The smallest absolute Gasteiger partial charge is 0.336 e. The van der Waals surface area contributed by atoms with Gasteiger partial charge in [0.15, 0.2) is 0 Å². The molecular weight excluding hydrogens is 226 g/mol. The molecule has 0 heterocycles. The molecule has 0 saturated carbocycles. The van der Waals surface area contributed by atoms with Crippen LogP contribution >= 0.6 is 0 Å². The van der Waals surface area contributed by atoms with Gasteiger partial charge in [-0.05, 0) is 13.0 Å². The van der Waals surface area contributed by atoms with Crippen LogP contribution in [-0.2, 0) is 0 Å². The number of hydrogen-bond donors (Lipinski definition) is 1. The molecule has 0 radical (unpaired) electrons. The minimum atomic E-state index is -1.24. The Morgan fingerprint density at radius 1 is 1.65 bits per heavy atom. The zero-order chi connectivity index (χ0) is 13.0. The molecule has 1 N–H and O–H groups in total. The van der Waals surface area contributed by atoms with Gasteiger partial charge in [-0.1, -0.05) is 12.7 Å². The Balaban J connectivity index is 3.32. The number of ether oxygens (including phenoxy) is 1. The van der Waals surface area contributed by atoms with Crippen molar-refractivity contribution in [3.63, 3.8) is 0 Å². The van der Waals surface area contributed by atoms with Crippen molar-refractivity contribution in [1.29, 1.82) is 0 Å². The second-order valence-corrected chi connectivity index (χ2v) is 3.28. The molecule has 0 spiro atoms. The van der Waals surface area contributed by atoms with Crippen LogP contribution in [0, 0.1) is 17.0 Å². The summed E-state index contributed by atoms with van der Waals surface area (Å²) in [5.74, 6) is -1.06. The lowest BCUT2D eigenvalue weighted by molar-refractivity contribution is -0.385. The summed E-state index contributed by atoms with van der Waals surface area (Å²) in [6.07, 6.45) is 1.47. The Kier molecular flexibility index (Phi) is 3.82. The third kappa shape index (κ3) is 2.81. The van der Waals surface area contributed by atoms with Crippen LogP contribution in [-0.4, -0.2) is 22.6 Å². The Bertz CT molecular complexity index is 481. The van der Waals surface area contributed by atoms with Crippen LogP contribution in [0.3, 0.4) is 0 Å². The summed E-state index contributed by atoms with van der Waals surface area (Å²) in [6.45, 7) is 5.10. The molecule has 0 bridgehead atoms. The van der Waals surface area contributed by atoms with Gasteiger partial charge < -0.3 is 9.84 Å². The first kappa shape index (κ1) is 12.7.